The standard InChI is InChI=1S/C10H9ClN4O2S/c1-6-2-10(15(16)17)8(11)3-9(6)12-4-7-5-18-14-13-7/h2-3,5,12H,4H2,1H3. The maximum atomic E-state index is 10.7. The van der Waals surface area contributed by atoms with Gasteiger partial charge in [-0.15, -0.1) is 5.10 Å². The van der Waals surface area contributed by atoms with Crippen molar-refractivity contribution in [2.24, 2.45) is 0 Å². The molecule has 0 aliphatic rings. The Morgan fingerprint density at radius 3 is 2.94 bits per heavy atom. The lowest BCUT2D eigenvalue weighted by molar-refractivity contribution is -0.384. The van der Waals surface area contributed by atoms with E-state index in [1.807, 2.05) is 5.38 Å². The van der Waals surface area contributed by atoms with E-state index >= 15 is 0 Å². The van der Waals surface area contributed by atoms with Crippen LogP contribution in [0, 0.1) is 17.0 Å². The molecule has 0 saturated carbocycles. The molecule has 6 nitrogen and oxygen atoms in total. The quantitative estimate of drug-likeness (QED) is 0.689. The Hall–Kier alpha value is -1.73. The molecule has 0 atom stereocenters. The minimum atomic E-state index is -0.497. The van der Waals surface area contributed by atoms with E-state index in [2.05, 4.69) is 14.9 Å². The second-order valence-electron chi connectivity index (χ2n) is 3.63. The predicted octanol–water partition coefficient (Wildman–Crippen LogP) is 3.02. The number of nitro benzene ring substituents is 1. The molecule has 0 saturated heterocycles. The lowest BCUT2D eigenvalue weighted by Crippen LogP contribution is -2.02. The van der Waals surface area contributed by atoms with Crippen LogP contribution in [0.2, 0.25) is 5.02 Å². The van der Waals surface area contributed by atoms with Gasteiger partial charge in [0, 0.05) is 17.1 Å². The van der Waals surface area contributed by atoms with Crippen molar-refractivity contribution in [3.63, 3.8) is 0 Å². The van der Waals surface area contributed by atoms with Crippen LogP contribution >= 0.6 is 23.1 Å². The summed E-state index contributed by atoms with van der Waals surface area (Å²) < 4.78 is 3.75. The maximum absolute atomic E-state index is 10.7. The first kappa shape index (κ1) is 12.7. The van der Waals surface area contributed by atoms with Gasteiger partial charge in [0.2, 0.25) is 0 Å². The first-order chi connectivity index (χ1) is 8.58. The maximum Gasteiger partial charge on any atom is 0.288 e. The summed E-state index contributed by atoms with van der Waals surface area (Å²) >= 11 is 7.12. The van der Waals surface area contributed by atoms with Crippen LogP contribution in [0.25, 0.3) is 0 Å². The Labute approximate surface area is 112 Å². The summed E-state index contributed by atoms with van der Waals surface area (Å²) in [6.45, 7) is 2.29. The van der Waals surface area contributed by atoms with Gasteiger partial charge >= 0.3 is 0 Å². The number of hydrogen-bond acceptors (Lipinski definition) is 6. The highest BCUT2D eigenvalue weighted by atomic mass is 35.5. The summed E-state index contributed by atoms with van der Waals surface area (Å²) in [4.78, 5) is 10.2. The van der Waals surface area contributed by atoms with Gasteiger partial charge in [0.25, 0.3) is 5.69 Å². The number of aryl methyl sites for hydroxylation is 1. The molecule has 94 valence electrons. The molecule has 0 spiro atoms. The van der Waals surface area contributed by atoms with Gasteiger partial charge in [-0.1, -0.05) is 16.1 Å². The number of anilines is 1. The molecule has 0 radical (unpaired) electrons. The highest BCUT2D eigenvalue weighted by Gasteiger charge is 2.14. The molecular formula is C10H9ClN4O2S. The number of aromatic nitrogens is 2. The number of rotatable bonds is 4. The zero-order chi connectivity index (χ0) is 13.1. The summed E-state index contributed by atoms with van der Waals surface area (Å²) in [7, 11) is 0. The lowest BCUT2D eigenvalue weighted by atomic mass is 10.1. The molecule has 0 bridgehead atoms. The molecule has 1 N–H and O–H groups in total. The van der Waals surface area contributed by atoms with Crippen molar-refractivity contribution in [3.05, 3.63) is 43.9 Å². The predicted molar refractivity (Wildman–Crippen MR) is 70.1 cm³/mol. The van der Waals surface area contributed by atoms with Crippen LogP contribution in [0.5, 0.6) is 0 Å². The zero-order valence-corrected chi connectivity index (χ0v) is 11.0. The second-order valence-corrected chi connectivity index (χ2v) is 4.64. The van der Waals surface area contributed by atoms with E-state index in [0.717, 1.165) is 16.9 Å². The fourth-order valence-electron chi connectivity index (χ4n) is 1.44. The van der Waals surface area contributed by atoms with Crippen LogP contribution in [0.4, 0.5) is 11.4 Å². The van der Waals surface area contributed by atoms with E-state index in [9.17, 15) is 10.1 Å². The van der Waals surface area contributed by atoms with Crippen molar-refractivity contribution in [3.8, 4) is 0 Å². The number of nitrogens with one attached hydrogen (secondary N) is 1. The number of nitro groups is 1. The third-order valence-corrected chi connectivity index (χ3v) is 3.21. The normalized spacial score (nSPS) is 10.3. The van der Waals surface area contributed by atoms with E-state index < -0.39 is 4.92 Å². The van der Waals surface area contributed by atoms with Crippen molar-refractivity contribution in [1.82, 2.24) is 9.59 Å². The Morgan fingerprint density at radius 1 is 1.56 bits per heavy atom. The van der Waals surface area contributed by atoms with Gasteiger partial charge in [0.05, 0.1) is 17.2 Å². The molecule has 2 rings (SSSR count). The van der Waals surface area contributed by atoms with Crippen LogP contribution < -0.4 is 5.32 Å². The smallest absolute Gasteiger partial charge is 0.288 e. The summed E-state index contributed by atoms with van der Waals surface area (Å²) in [5.74, 6) is 0. The molecule has 1 aromatic carbocycles. The fourth-order valence-corrected chi connectivity index (χ4v) is 2.13. The summed E-state index contributed by atoms with van der Waals surface area (Å²) in [5, 5.41) is 19.7. The SMILES string of the molecule is Cc1cc([N+](=O)[O-])c(Cl)cc1NCc1csnn1. The molecule has 0 fully saturated rings. The van der Waals surface area contributed by atoms with Crippen molar-refractivity contribution < 1.29 is 4.92 Å². The van der Waals surface area contributed by atoms with Gasteiger partial charge in [-0.05, 0) is 30.1 Å². The largest absolute Gasteiger partial charge is 0.379 e. The fraction of sp³-hybridized carbons (Fsp3) is 0.200. The van der Waals surface area contributed by atoms with Gasteiger partial charge in [0.1, 0.15) is 5.02 Å². The summed E-state index contributed by atoms with van der Waals surface area (Å²) in [5.41, 5.74) is 2.23. The molecule has 8 heteroatoms. The van der Waals surface area contributed by atoms with Crippen LogP contribution in [-0.4, -0.2) is 14.5 Å². The third kappa shape index (κ3) is 2.74. The van der Waals surface area contributed by atoms with Crippen LogP contribution in [0.15, 0.2) is 17.5 Å². The van der Waals surface area contributed by atoms with Gasteiger partial charge in [-0.2, -0.15) is 0 Å². The highest BCUT2D eigenvalue weighted by molar-refractivity contribution is 7.03. The minimum absolute atomic E-state index is 0.0879. The number of hydrogen-bond donors (Lipinski definition) is 1. The van der Waals surface area contributed by atoms with Crippen molar-refractivity contribution >= 4 is 34.5 Å². The molecule has 1 aromatic heterocycles. The lowest BCUT2D eigenvalue weighted by Gasteiger charge is -2.08. The molecule has 18 heavy (non-hydrogen) atoms. The zero-order valence-electron chi connectivity index (χ0n) is 9.38. The van der Waals surface area contributed by atoms with Crippen LogP contribution in [-0.2, 0) is 6.54 Å². The first-order valence-corrected chi connectivity index (χ1v) is 6.23. The van der Waals surface area contributed by atoms with E-state index in [0.29, 0.717) is 6.54 Å². The average molecular weight is 285 g/mol. The number of nitrogens with zero attached hydrogens (tertiary/aromatic N) is 3. The van der Waals surface area contributed by atoms with Crippen molar-refractivity contribution in [1.29, 1.82) is 0 Å². The van der Waals surface area contributed by atoms with E-state index in [1.54, 1.807) is 13.0 Å². The number of halogens is 1. The first-order valence-electron chi connectivity index (χ1n) is 5.02. The highest BCUT2D eigenvalue weighted by Crippen LogP contribution is 2.30. The Kier molecular flexibility index (Phi) is 3.73. The molecule has 2 aromatic rings. The van der Waals surface area contributed by atoms with E-state index in [1.165, 1.54) is 17.6 Å². The Bertz CT molecular complexity index is 574. The van der Waals surface area contributed by atoms with Crippen LogP contribution in [0.3, 0.4) is 0 Å². The Balaban J connectivity index is 2.19. The third-order valence-electron chi connectivity index (χ3n) is 2.36. The van der Waals surface area contributed by atoms with Gasteiger partial charge in [-0.3, -0.25) is 10.1 Å². The number of benzene rings is 1. The summed E-state index contributed by atoms with van der Waals surface area (Å²) in [6.07, 6.45) is 0. The second kappa shape index (κ2) is 5.28. The van der Waals surface area contributed by atoms with E-state index in [-0.39, 0.29) is 10.7 Å². The topological polar surface area (TPSA) is 81.0 Å². The molecule has 0 amide bonds. The molecule has 1 heterocycles. The summed E-state index contributed by atoms with van der Waals surface area (Å²) in [6, 6.07) is 3.00. The Morgan fingerprint density at radius 2 is 2.33 bits per heavy atom. The average Bonchev–Trinajstić information content (AvgIpc) is 2.82. The van der Waals surface area contributed by atoms with Crippen molar-refractivity contribution in [2.75, 3.05) is 5.32 Å². The molecule has 0 aliphatic heterocycles. The van der Waals surface area contributed by atoms with E-state index in [4.69, 9.17) is 11.6 Å². The molecule has 0 unspecified atom stereocenters. The van der Waals surface area contributed by atoms with Crippen molar-refractivity contribution in [2.45, 2.75) is 13.5 Å². The van der Waals surface area contributed by atoms with Gasteiger partial charge in [0.15, 0.2) is 0 Å². The monoisotopic (exact) mass is 284 g/mol. The van der Waals surface area contributed by atoms with Gasteiger partial charge in [-0.25, -0.2) is 0 Å². The molecule has 0 aliphatic carbocycles. The minimum Gasteiger partial charge on any atom is -0.379 e. The molecular weight excluding hydrogens is 276 g/mol. The van der Waals surface area contributed by atoms with Crippen LogP contribution in [0.1, 0.15) is 11.3 Å². The van der Waals surface area contributed by atoms with Gasteiger partial charge < -0.3 is 5.32 Å².